The molecule has 2 N–H and O–H groups in total. The van der Waals surface area contributed by atoms with Crippen LogP contribution in [0.2, 0.25) is 10.0 Å². The van der Waals surface area contributed by atoms with Crippen LogP contribution in [-0.2, 0) is 6.54 Å². The number of carbonyl (C=O) groups is 1. The Balaban J connectivity index is 1.77. The summed E-state index contributed by atoms with van der Waals surface area (Å²) in [5, 5.41) is 6.49. The third kappa shape index (κ3) is 4.47. The molecule has 0 spiro atoms. The van der Waals surface area contributed by atoms with Gasteiger partial charge in [0, 0.05) is 24.6 Å². The Labute approximate surface area is 160 Å². The van der Waals surface area contributed by atoms with Gasteiger partial charge in [-0.15, -0.1) is 0 Å². The monoisotopic (exact) mass is 387 g/mol. The van der Waals surface area contributed by atoms with Crippen molar-refractivity contribution in [3.63, 3.8) is 0 Å². The molecule has 0 aliphatic carbocycles. The molecule has 0 radical (unpaired) electrons. The Kier molecular flexibility index (Phi) is 5.65. The summed E-state index contributed by atoms with van der Waals surface area (Å²) in [6.45, 7) is 2.28. The summed E-state index contributed by atoms with van der Waals surface area (Å²) in [6.07, 6.45) is 3.45. The molecule has 2 heterocycles. The zero-order chi connectivity index (χ0) is 18.5. The summed E-state index contributed by atoms with van der Waals surface area (Å²) >= 11 is 12.2. The molecule has 0 atom stereocenters. The average Bonchev–Trinajstić information content (AvgIpc) is 2.63. The first kappa shape index (κ1) is 18.1. The van der Waals surface area contributed by atoms with Crippen LogP contribution in [0.15, 0.2) is 48.8 Å². The van der Waals surface area contributed by atoms with Gasteiger partial charge in [-0.25, -0.2) is 9.97 Å². The summed E-state index contributed by atoms with van der Waals surface area (Å²) in [5.41, 5.74) is 2.19. The second-order valence-electron chi connectivity index (χ2n) is 5.48. The lowest BCUT2D eigenvalue weighted by Crippen LogP contribution is -2.16. The Hall–Kier alpha value is -2.70. The number of rotatable bonds is 5. The number of benzene rings is 1. The molecule has 0 saturated carbocycles. The van der Waals surface area contributed by atoms with Crippen LogP contribution >= 0.6 is 23.2 Å². The van der Waals surface area contributed by atoms with Gasteiger partial charge in [-0.2, -0.15) is 0 Å². The topological polar surface area (TPSA) is 79.8 Å². The lowest BCUT2D eigenvalue weighted by molar-refractivity contribution is 0.102. The van der Waals surface area contributed by atoms with Crippen LogP contribution in [0.1, 0.15) is 21.7 Å². The zero-order valence-electron chi connectivity index (χ0n) is 13.8. The number of nitrogens with one attached hydrogen (secondary N) is 2. The molecule has 1 amide bonds. The lowest BCUT2D eigenvalue weighted by atomic mass is 10.2. The zero-order valence-corrected chi connectivity index (χ0v) is 15.3. The highest BCUT2D eigenvalue weighted by Crippen LogP contribution is 2.30. The summed E-state index contributed by atoms with van der Waals surface area (Å²) in [6, 6.07) is 10.4. The fourth-order valence-corrected chi connectivity index (χ4v) is 2.73. The van der Waals surface area contributed by atoms with Crippen LogP contribution in [0.3, 0.4) is 0 Å². The maximum atomic E-state index is 12.5. The van der Waals surface area contributed by atoms with Gasteiger partial charge in [0.2, 0.25) is 5.95 Å². The molecular weight excluding hydrogens is 373 g/mol. The molecule has 6 nitrogen and oxygen atoms in total. The first-order valence-corrected chi connectivity index (χ1v) is 8.52. The van der Waals surface area contributed by atoms with Crippen LogP contribution < -0.4 is 10.6 Å². The molecule has 0 fully saturated rings. The predicted octanol–water partition coefficient (Wildman–Crippen LogP) is 4.35. The fourth-order valence-electron chi connectivity index (χ4n) is 2.24. The van der Waals surface area contributed by atoms with E-state index in [0.717, 1.165) is 5.56 Å². The summed E-state index contributed by atoms with van der Waals surface area (Å²) < 4.78 is 0. The number of amides is 1. The van der Waals surface area contributed by atoms with Crippen molar-refractivity contribution < 1.29 is 4.79 Å². The number of halogens is 2. The van der Waals surface area contributed by atoms with Gasteiger partial charge in [-0.05, 0) is 36.8 Å². The minimum atomic E-state index is -0.421. The normalized spacial score (nSPS) is 10.4. The largest absolute Gasteiger partial charge is 0.350 e. The summed E-state index contributed by atoms with van der Waals surface area (Å²) in [7, 11) is 0. The first-order chi connectivity index (χ1) is 12.5. The molecule has 0 unspecified atom stereocenters. The van der Waals surface area contributed by atoms with Crippen molar-refractivity contribution in [2.75, 3.05) is 10.6 Å². The maximum absolute atomic E-state index is 12.5. The van der Waals surface area contributed by atoms with E-state index < -0.39 is 5.91 Å². The van der Waals surface area contributed by atoms with Gasteiger partial charge in [0.1, 0.15) is 5.69 Å². The molecule has 3 rings (SSSR count). The molecule has 0 aliphatic rings. The number of aromatic nitrogens is 3. The molecule has 26 heavy (non-hydrogen) atoms. The van der Waals surface area contributed by atoms with E-state index in [0.29, 0.717) is 33.9 Å². The van der Waals surface area contributed by atoms with E-state index in [-0.39, 0.29) is 5.69 Å². The molecule has 0 saturated heterocycles. The van der Waals surface area contributed by atoms with Crippen molar-refractivity contribution in [3.05, 3.63) is 75.8 Å². The van der Waals surface area contributed by atoms with Gasteiger partial charge in [-0.1, -0.05) is 35.3 Å². The molecule has 2 aromatic heterocycles. The van der Waals surface area contributed by atoms with E-state index in [1.54, 1.807) is 43.6 Å². The number of hydrogen-bond acceptors (Lipinski definition) is 5. The quantitative estimate of drug-likeness (QED) is 0.679. The van der Waals surface area contributed by atoms with Crippen LogP contribution in [-0.4, -0.2) is 20.9 Å². The van der Waals surface area contributed by atoms with E-state index in [4.69, 9.17) is 23.2 Å². The number of para-hydroxylation sites is 1. The third-order valence-corrected chi connectivity index (χ3v) is 4.09. The van der Waals surface area contributed by atoms with E-state index in [1.807, 2.05) is 12.1 Å². The minimum Gasteiger partial charge on any atom is -0.350 e. The number of carbonyl (C=O) groups excluding carboxylic acids is 1. The smallest absolute Gasteiger partial charge is 0.274 e. The first-order valence-electron chi connectivity index (χ1n) is 7.77. The molecule has 8 heteroatoms. The van der Waals surface area contributed by atoms with Crippen LogP contribution in [0.5, 0.6) is 0 Å². The van der Waals surface area contributed by atoms with Gasteiger partial charge < -0.3 is 10.6 Å². The maximum Gasteiger partial charge on any atom is 0.274 e. The SMILES string of the molecule is Cc1cc(C(=O)Nc2c(Cl)cccc2Cl)nc(NCc2cccnc2)n1. The predicted molar refractivity (Wildman–Crippen MR) is 103 cm³/mol. The van der Waals surface area contributed by atoms with Crippen molar-refractivity contribution in [1.29, 1.82) is 0 Å². The van der Waals surface area contributed by atoms with Crippen molar-refractivity contribution in [3.8, 4) is 0 Å². The fraction of sp³-hybridized carbons (Fsp3) is 0.111. The Bertz CT molecular complexity index is 914. The van der Waals surface area contributed by atoms with E-state index in [2.05, 4.69) is 25.6 Å². The highest BCUT2D eigenvalue weighted by Gasteiger charge is 2.14. The number of pyridine rings is 1. The second-order valence-corrected chi connectivity index (χ2v) is 6.30. The van der Waals surface area contributed by atoms with Crippen LogP contribution in [0.25, 0.3) is 0 Å². The second kappa shape index (κ2) is 8.12. The molecular formula is C18H15Cl2N5O. The Morgan fingerprint density at radius 3 is 2.58 bits per heavy atom. The molecule has 132 valence electrons. The number of aryl methyl sites for hydroxylation is 1. The van der Waals surface area contributed by atoms with E-state index in [9.17, 15) is 4.79 Å². The molecule has 1 aromatic carbocycles. The van der Waals surface area contributed by atoms with E-state index >= 15 is 0 Å². The molecule has 0 aliphatic heterocycles. The minimum absolute atomic E-state index is 0.210. The summed E-state index contributed by atoms with van der Waals surface area (Å²) in [4.78, 5) is 25.2. The lowest BCUT2D eigenvalue weighted by Gasteiger charge is -2.10. The van der Waals surface area contributed by atoms with Gasteiger partial charge in [-0.3, -0.25) is 9.78 Å². The van der Waals surface area contributed by atoms with Crippen molar-refractivity contribution in [2.24, 2.45) is 0 Å². The number of hydrogen-bond donors (Lipinski definition) is 2. The standard InChI is InChI=1S/C18H15Cl2N5O/c1-11-8-15(17(26)25-16-13(19)5-2-6-14(16)20)24-18(23-11)22-10-12-4-3-7-21-9-12/h2-9H,10H2,1H3,(H,25,26)(H,22,23,24). The van der Waals surface area contributed by atoms with Gasteiger partial charge in [0.25, 0.3) is 5.91 Å². The Morgan fingerprint density at radius 1 is 1.12 bits per heavy atom. The van der Waals surface area contributed by atoms with Crippen LogP contribution in [0.4, 0.5) is 11.6 Å². The van der Waals surface area contributed by atoms with Gasteiger partial charge >= 0.3 is 0 Å². The highest BCUT2D eigenvalue weighted by molar-refractivity contribution is 6.40. The molecule has 3 aromatic rings. The average molecular weight is 388 g/mol. The Morgan fingerprint density at radius 2 is 1.88 bits per heavy atom. The van der Waals surface area contributed by atoms with Crippen molar-refractivity contribution in [1.82, 2.24) is 15.0 Å². The van der Waals surface area contributed by atoms with Gasteiger partial charge in [0.05, 0.1) is 15.7 Å². The number of nitrogens with zero attached hydrogens (tertiary/aromatic N) is 3. The van der Waals surface area contributed by atoms with Crippen LogP contribution in [0, 0.1) is 6.92 Å². The summed E-state index contributed by atoms with van der Waals surface area (Å²) in [5.74, 6) is -0.0702. The van der Waals surface area contributed by atoms with E-state index in [1.165, 1.54) is 0 Å². The number of anilines is 2. The van der Waals surface area contributed by atoms with Gasteiger partial charge in [0.15, 0.2) is 0 Å². The molecule has 0 bridgehead atoms. The van der Waals surface area contributed by atoms with Crippen molar-refractivity contribution in [2.45, 2.75) is 13.5 Å². The highest BCUT2D eigenvalue weighted by atomic mass is 35.5. The third-order valence-electron chi connectivity index (χ3n) is 3.46. The van der Waals surface area contributed by atoms with Crippen molar-refractivity contribution >= 4 is 40.7 Å².